The molecule has 0 radical (unpaired) electrons. The lowest BCUT2D eigenvalue weighted by molar-refractivity contribution is -0.152. The first-order valence-corrected chi connectivity index (χ1v) is 13.5. The molecule has 190 valence electrons. The molecule has 3 aromatic carbocycles. The van der Waals surface area contributed by atoms with Gasteiger partial charge in [0.05, 0.1) is 4.90 Å². The molecule has 3 atom stereocenters. The van der Waals surface area contributed by atoms with Gasteiger partial charge in [-0.2, -0.15) is 4.72 Å². The molecule has 0 aliphatic carbocycles. The Bertz CT molecular complexity index is 1300. The van der Waals surface area contributed by atoms with Gasteiger partial charge in [0.1, 0.15) is 18.0 Å². The van der Waals surface area contributed by atoms with E-state index >= 15 is 0 Å². The predicted molar refractivity (Wildman–Crippen MR) is 136 cm³/mol. The van der Waals surface area contributed by atoms with Gasteiger partial charge in [-0.3, -0.25) is 4.79 Å². The Kier molecular flexibility index (Phi) is 8.18. The lowest BCUT2D eigenvalue weighted by atomic mass is 9.92. The average molecular weight is 511 g/mol. The number of carbonyl (C=O) groups is 1. The van der Waals surface area contributed by atoms with Crippen molar-refractivity contribution >= 4 is 16.0 Å². The van der Waals surface area contributed by atoms with Crippen molar-refractivity contribution in [3.8, 4) is 0 Å². The van der Waals surface area contributed by atoms with E-state index in [1.807, 2.05) is 44.2 Å². The number of piperidine rings is 1. The maximum atomic E-state index is 13.6. The van der Waals surface area contributed by atoms with Crippen LogP contribution in [0.15, 0.2) is 77.7 Å². The number of rotatable bonds is 8. The minimum Gasteiger partial charge on any atom is -0.461 e. The first-order valence-electron chi connectivity index (χ1n) is 12.0. The highest BCUT2D eigenvalue weighted by atomic mass is 32.2. The molecule has 2 N–H and O–H groups in total. The Balaban J connectivity index is 1.51. The van der Waals surface area contributed by atoms with Crippen LogP contribution in [0.2, 0.25) is 0 Å². The normalized spacial score (nSPS) is 19.0. The Morgan fingerprint density at radius 2 is 1.81 bits per heavy atom. The number of benzene rings is 3. The van der Waals surface area contributed by atoms with E-state index in [1.54, 1.807) is 18.2 Å². The number of hydrogen-bond acceptors (Lipinski definition) is 5. The zero-order valence-corrected chi connectivity index (χ0v) is 21.2. The third kappa shape index (κ3) is 6.57. The third-order valence-corrected chi connectivity index (χ3v) is 7.93. The molecule has 1 fully saturated rings. The quantitative estimate of drug-likeness (QED) is 0.440. The summed E-state index contributed by atoms with van der Waals surface area (Å²) in [5.41, 5.74) is 3.53. The van der Waals surface area contributed by atoms with Crippen molar-refractivity contribution in [1.82, 2.24) is 10.0 Å². The summed E-state index contributed by atoms with van der Waals surface area (Å²) in [5, 5.41) is 3.41. The molecule has 1 heterocycles. The van der Waals surface area contributed by atoms with Crippen LogP contribution in [-0.4, -0.2) is 33.1 Å². The highest BCUT2D eigenvalue weighted by Gasteiger charge is 2.32. The van der Waals surface area contributed by atoms with Crippen LogP contribution in [0.5, 0.6) is 0 Å². The zero-order valence-electron chi connectivity index (χ0n) is 20.4. The van der Waals surface area contributed by atoms with Crippen LogP contribution in [0.25, 0.3) is 0 Å². The van der Waals surface area contributed by atoms with Crippen molar-refractivity contribution < 1.29 is 22.3 Å². The number of nitrogens with one attached hydrogen (secondary N) is 2. The SMILES string of the molecule is Cc1ccc(S(=O)(=O)N[C@H](Cc2ccccc2)C(=O)O[C@@H]2CCN[C@H](c3ccc(F)cc3C)C2)cc1. The van der Waals surface area contributed by atoms with Crippen LogP contribution in [0.4, 0.5) is 4.39 Å². The molecule has 1 aliphatic heterocycles. The topological polar surface area (TPSA) is 84.5 Å². The number of ether oxygens (including phenoxy) is 1. The summed E-state index contributed by atoms with van der Waals surface area (Å²) in [5.74, 6) is -0.907. The van der Waals surface area contributed by atoms with Gasteiger partial charge in [-0.15, -0.1) is 0 Å². The van der Waals surface area contributed by atoms with Crippen LogP contribution in [0, 0.1) is 19.7 Å². The van der Waals surface area contributed by atoms with Gasteiger partial charge >= 0.3 is 5.97 Å². The molecule has 8 heteroatoms. The predicted octanol–water partition coefficient (Wildman–Crippen LogP) is 4.37. The van der Waals surface area contributed by atoms with Crippen molar-refractivity contribution in [3.05, 3.63) is 101 Å². The van der Waals surface area contributed by atoms with Crippen LogP contribution < -0.4 is 10.0 Å². The van der Waals surface area contributed by atoms with Crippen molar-refractivity contribution in [1.29, 1.82) is 0 Å². The van der Waals surface area contributed by atoms with Crippen molar-refractivity contribution in [2.24, 2.45) is 0 Å². The van der Waals surface area contributed by atoms with Crippen LogP contribution in [-0.2, 0) is 26.0 Å². The maximum Gasteiger partial charge on any atom is 0.324 e. The molecule has 0 unspecified atom stereocenters. The molecule has 36 heavy (non-hydrogen) atoms. The second-order valence-corrected chi connectivity index (χ2v) is 11.0. The molecule has 4 rings (SSSR count). The number of sulfonamides is 1. The molecule has 1 saturated heterocycles. The molecule has 0 aromatic heterocycles. The highest BCUT2D eigenvalue weighted by Crippen LogP contribution is 2.28. The van der Waals surface area contributed by atoms with E-state index in [0.717, 1.165) is 22.3 Å². The second-order valence-electron chi connectivity index (χ2n) is 9.27. The first kappa shape index (κ1) is 26.0. The summed E-state index contributed by atoms with van der Waals surface area (Å²) in [4.78, 5) is 13.4. The Hall–Kier alpha value is -3.07. The van der Waals surface area contributed by atoms with Gasteiger partial charge in [0.25, 0.3) is 0 Å². The summed E-state index contributed by atoms with van der Waals surface area (Å²) in [6, 6.07) is 19.2. The fraction of sp³-hybridized carbons (Fsp3) is 0.321. The Morgan fingerprint density at radius 3 is 2.50 bits per heavy atom. The van der Waals surface area contributed by atoms with Gasteiger partial charge in [-0.25, -0.2) is 12.8 Å². The van der Waals surface area contributed by atoms with Gasteiger partial charge < -0.3 is 10.1 Å². The van der Waals surface area contributed by atoms with E-state index in [2.05, 4.69) is 10.0 Å². The van der Waals surface area contributed by atoms with Gasteiger partial charge in [0.15, 0.2) is 0 Å². The van der Waals surface area contributed by atoms with E-state index in [0.29, 0.717) is 19.4 Å². The standard InChI is InChI=1S/C28H31FN2O4S/c1-19-8-11-24(12-9-19)36(33,34)31-27(17-21-6-4-3-5-7-21)28(32)35-23-14-15-30-26(18-23)25-13-10-22(29)16-20(25)2/h3-13,16,23,26-27,30-31H,14-15,17-18H2,1-2H3/t23-,26+,27-/m1/s1. The lowest BCUT2D eigenvalue weighted by Crippen LogP contribution is -2.46. The minimum atomic E-state index is -3.94. The lowest BCUT2D eigenvalue weighted by Gasteiger charge is -2.32. The fourth-order valence-electron chi connectivity index (χ4n) is 4.50. The molecule has 0 amide bonds. The van der Waals surface area contributed by atoms with Gasteiger partial charge in [-0.1, -0.05) is 54.1 Å². The highest BCUT2D eigenvalue weighted by molar-refractivity contribution is 7.89. The largest absolute Gasteiger partial charge is 0.461 e. The van der Waals surface area contributed by atoms with E-state index in [1.165, 1.54) is 24.3 Å². The summed E-state index contributed by atoms with van der Waals surface area (Å²) in [7, 11) is -3.94. The summed E-state index contributed by atoms with van der Waals surface area (Å²) < 4.78 is 48.2. The Morgan fingerprint density at radius 1 is 1.08 bits per heavy atom. The smallest absolute Gasteiger partial charge is 0.324 e. The monoisotopic (exact) mass is 510 g/mol. The average Bonchev–Trinajstić information content (AvgIpc) is 2.84. The molecule has 3 aromatic rings. The summed E-state index contributed by atoms with van der Waals surface area (Å²) in [6.07, 6.45) is 0.887. The summed E-state index contributed by atoms with van der Waals surface area (Å²) in [6.45, 7) is 4.35. The number of halogens is 1. The minimum absolute atomic E-state index is 0.0889. The van der Waals surface area contributed by atoms with Crippen molar-refractivity contribution in [2.45, 2.75) is 56.2 Å². The Labute approximate surface area is 211 Å². The van der Waals surface area contributed by atoms with E-state index in [9.17, 15) is 17.6 Å². The number of hydrogen-bond donors (Lipinski definition) is 2. The van der Waals surface area contributed by atoms with E-state index < -0.39 is 28.1 Å². The van der Waals surface area contributed by atoms with Crippen molar-refractivity contribution in [3.63, 3.8) is 0 Å². The van der Waals surface area contributed by atoms with Crippen LogP contribution >= 0.6 is 0 Å². The third-order valence-electron chi connectivity index (χ3n) is 6.44. The van der Waals surface area contributed by atoms with Gasteiger partial charge in [-0.05, 0) is 74.2 Å². The van der Waals surface area contributed by atoms with Crippen LogP contribution in [0.3, 0.4) is 0 Å². The second kappa shape index (κ2) is 11.3. The first-order chi connectivity index (χ1) is 17.2. The molecule has 6 nitrogen and oxygen atoms in total. The number of carbonyl (C=O) groups excluding carboxylic acids is 1. The summed E-state index contributed by atoms with van der Waals surface area (Å²) >= 11 is 0. The van der Waals surface area contributed by atoms with Gasteiger partial charge in [0.2, 0.25) is 10.0 Å². The zero-order chi connectivity index (χ0) is 25.7. The molecular formula is C28H31FN2O4S. The molecular weight excluding hydrogens is 479 g/mol. The molecule has 0 spiro atoms. The molecule has 0 saturated carbocycles. The van der Waals surface area contributed by atoms with E-state index in [-0.39, 0.29) is 23.2 Å². The number of esters is 1. The van der Waals surface area contributed by atoms with Gasteiger partial charge in [0, 0.05) is 12.5 Å². The van der Waals surface area contributed by atoms with Crippen LogP contribution in [0.1, 0.15) is 41.1 Å². The van der Waals surface area contributed by atoms with Crippen molar-refractivity contribution in [2.75, 3.05) is 6.54 Å². The maximum absolute atomic E-state index is 13.6. The fourth-order valence-corrected chi connectivity index (χ4v) is 5.68. The molecule has 0 bridgehead atoms. The van der Waals surface area contributed by atoms with E-state index in [4.69, 9.17) is 4.74 Å². The molecule has 1 aliphatic rings. The number of aryl methyl sites for hydroxylation is 2.